The molecule has 0 radical (unpaired) electrons. The Morgan fingerprint density at radius 1 is 1.32 bits per heavy atom. The highest BCUT2D eigenvalue weighted by Crippen LogP contribution is 2.14. The molecule has 1 aliphatic heterocycles. The van der Waals surface area contributed by atoms with E-state index in [1.165, 1.54) is 9.21 Å². The van der Waals surface area contributed by atoms with Gasteiger partial charge < -0.3 is 20.3 Å². The summed E-state index contributed by atoms with van der Waals surface area (Å²) in [6, 6.07) is 0.117. The number of aliphatic imine (C=N–C) groups is 1. The van der Waals surface area contributed by atoms with Crippen LogP contribution in [-0.4, -0.2) is 95.3 Å². The van der Waals surface area contributed by atoms with Crippen molar-refractivity contribution in [1.29, 1.82) is 0 Å². The number of nitrogens with one attached hydrogen (secondary N) is 2. The summed E-state index contributed by atoms with van der Waals surface area (Å²) in [4.78, 5) is 17.5. The molecule has 0 bridgehead atoms. The summed E-state index contributed by atoms with van der Waals surface area (Å²) in [5, 5.41) is 6.42. The van der Waals surface area contributed by atoms with Gasteiger partial charge in [0.2, 0.25) is 15.9 Å². The minimum absolute atomic E-state index is 0.0539. The SMILES string of the molecule is CCS(=O)(=O)N1CCC(NC(=NCC(=O)N(C)C)NCCOC)CC1. The van der Waals surface area contributed by atoms with E-state index in [-0.39, 0.29) is 24.2 Å². The van der Waals surface area contributed by atoms with Crippen molar-refractivity contribution in [2.24, 2.45) is 4.99 Å². The lowest BCUT2D eigenvalue weighted by atomic mass is 10.1. The van der Waals surface area contributed by atoms with E-state index in [2.05, 4.69) is 15.6 Å². The van der Waals surface area contributed by atoms with Crippen LogP contribution in [0.25, 0.3) is 0 Å². The first kappa shape index (κ1) is 21.7. The smallest absolute Gasteiger partial charge is 0.243 e. The second-order valence-corrected chi connectivity index (χ2v) is 8.35. The van der Waals surface area contributed by atoms with E-state index < -0.39 is 10.0 Å². The summed E-state index contributed by atoms with van der Waals surface area (Å²) in [7, 11) is 1.86. The highest BCUT2D eigenvalue weighted by Gasteiger charge is 2.27. The maximum atomic E-state index is 11.9. The second-order valence-electron chi connectivity index (χ2n) is 6.09. The Morgan fingerprint density at radius 2 is 1.96 bits per heavy atom. The number of likely N-dealkylation sites (N-methyl/N-ethyl adjacent to an activating group) is 1. The fourth-order valence-corrected chi connectivity index (χ4v) is 3.50. The molecule has 9 nitrogen and oxygen atoms in total. The molecule has 1 saturated heterocycles. The predicted octanol–water partition coefficient (Wildman–Crippen LogP) is -0.930. The molecule has 0 saturated carbocycles. The average molecular weight is 378 g/mol. The number of sulfonamides is 1. The molecule has 0 spiro atoms. The highest BCUT2D eigenvalue weighted by atomic mass is 32.2. The molecule has 0 aromatic carbocycles. The number of nitrogens with zero attached hydrogens (tertiary/aromatic N) is 3. The molecule has 1 heterocycles. The maximum absolute atomic E-state index is 11.9. The molecule has 1 fully saturated rings. The van der Waals surface area contributed by atoms with Gasteiger partial charge in [0, 0.05) is 46.9 Å². The van der Waals surface area contributed by atoms with Gasteiger partial charge in [-0.1, -0.05) is 0 Å². The molecule has 1 rings (SSSR count). The zero-order valence-corrected chi connectivity index (χ0v) is 16.4. The number of hydrogen-bond acceptors (Lipinski definition) is 5. The van der Waals surface area contributed by atoms with Gasteiger partial charge in [0.25, 0.3) is 0 Å². The van der Waals surface area contributed by atoms with Gasteiger partial charge in [0.1, 0.15) is 6.54 Å². The average Bonchev–Trinajstić information content (AvgIpc) is 2.59. The molecule has 0 aromatic heterocycles. The van der Waals surface area contributed by atoms with Crippen molar-refractivity contribution < 1.29 is 17.9 Å². The summed E-state index contributed by atoms with van der Waals surface area (Å²) in [6.45, 7) is 3.80. The van der Waals surface area contributed by atoms with Crippen molar-refractivity contribution >= 4 is 21.9 Å². The van der Waals surface area contributed by atoms with Crippen LogP contribution in [0.2, 0.25) is 0 Å². The van der Waals surface area contributed by atoms with E-state index in [1.807, 2.05) is 0 Å². The van der Waals surface area contributed by atoms with Crippen LogP contribution in [0.5, 0.6) is 0 Å². The van der Waals surface area contributed by atoms with Crippen LogP contribution >= 0.6 is 0 Å². The van der Waals surface area contributed by atoms with Crippen LogP contribution in [0, 0.1) is 0 Å². The number of amides is 1. The van der Waals surface area contributed by atoms with Crippen LogP contribution in [0.1, 0.15) is 19.8 Å². The first-order valence-corrected chi connectivity index (χ1v) is 10.1. The van der Waals surface area contributed by atoms with E-state index in [4.69, 9.17) is 4.74 Å². The minimum atomic E-state index is -3.13. The lowest BCUT2D eigenvalue weighted by molar-refractivity contribution is -0.127. The van der Waals surface area contributed by atoms with Gasteiger partial charge in [0.15, 0.2) is 5.96 Å². The lowest BCUT2D eigenvalue weighted by Crippen LogP contribution is -2.50. The lowest BCUT2D eigenvalue weighted by Gasteiger charge is -2.32. The number of ether oxygens (including phenoxy) is 1. The Morgan fingerprint density at radius 3 is 2.48 bits per heavy atom. The van der Waals surface area contributed by atoms with Crippen LogP contribution in [0.4, 0.5) is 0 Å². The standard InChI is InChI=1S/C15H31N5O4S/c1-5-25(22,23)20-9-6-13(7-10-20)18-15(16-8-11-24-4)17-12-14(21)19(2)3/h13H,5-12H2,1-4H3,(H2,16,17,18). The third-order valence-electron chi connectivity index (χ3n) is 4.02. The minimum Gasteiger partial charge on any atom is -0.383 e. The van der Waals surface area contributed by atoms with Gasteiger partial charge in [-0.05, 0) is 19.8 Å². The van der Waals surface area contributed by atoms with Gasteiger partial charge in [-0.3, -0.25) is 4.79 Å². The number of rotatable bonds is 8. The van der Waals surface area contributed by atoms with E-state index >= 15 is 0 Å². The number of methoxy groups -OCH3 is 1. The fraction of sp³-hybridized carbons (Fsp3) is 0.867. The van der Waals surface area contributed by atoms with Gasteiger partial charge in [-0.25, -0.2) is 17.7 Å². The molecule has 0 aromatic rings. The molecule has 1 amide bonds. The Labute approximate surface area is 150 Å². The number of carbonyl (C=O) groups excluding carboxylic acids is 1. The number of guanidine groups is 1. The topological polar surface area (TPSA) is 103 Å². The molecule has 0 aliphatic carbocycles. The van der Waals surface area contributed by atoms with Crippen molar-refractivity contribution in [3.63, 3.8) is 0 Å². The first-order chi connectivity index (χ1) is 11.8. The summed E-state index contributed by atoms with van der Waals surface area (Å²) in [5.74, 6) is 0.587. The molecule has 25 heavy (non-hydrogen) atoms. The number of carbonyl (C=O) groups is 1. The van der Waals surface area contributed by atoms with Crippen LogP contribution in [0.3, 0.4) is 0 Å². The van der Waals surface area contributed by atoms with Crippen LogP contribution in [-0.2, 0) is 19.6 Å². The third-order valence-corrected chi connectivity index (χ3v) is 5.90. The molecule has 1 aliphatic rings. The van der Waals surface area contributed by atoms with Gasteiger partial charge in [0.05, 0.1) is 12.4 Å². The van der Waals surface area contributed by atoms with Crippen molar-refractivity contribution in [2.75, 3.05) is 59.7 Å². The third kappa shape index (κ3) is 7.57. The van der Waals surface area contributed by atoms with Crippen LogP contribution in [0.15, 0.2) is 4.99 Å². The second kappa shape index (κ2) is 10.6. The molecule has 0 unspecified atom stereocenters. The Kier molecular flexibility index (Phi) is 9.15. The van der Waals surface area contributed by atoms with Crippen molar-refractivity contribution in [3.05, 3.63) is 0 Å². The Hall–Kier alpha value is -1.39. The van der Waals surface area contributed by atoms with Gasteiger partial charge >= 0.3 is 0 Å². The molecule has 0 atom stereocenters. The highest BCUT2D eigenvalue weighted by molar-refractivity contribution is 7.89. The quantitative estimate of drug-likeness (QED) is 0.322. The molecule has 2 N–H and O–H groups in total. The Balaban J connectivity index is 2.59. The molecular formula is C15H31N5O4S. The molecule has 146 valence electrons. The van der Waals surface area contributed by atoms with Crippen LogP contribution < -0.4 is 10.6 Å². The number of hydrogen-bond donors (Lipinski definition) is 2. The monoisotopic (exact) mass is 377 g/mol. The van der Waals surface area contributed by atoms with E-state index in [0.29, 0.717) is 45.0 Å². The summed E-state index contributed by atoms with van der Waals surface area (Å²) in [6.07, 6.45) is 1.40. The zero-order chi connectivity index (χ0) is 18.9. The summed E-state index contributed by atoms with van der Waals surface area (Å²) >= 11 is 0. The maximum Gasteiger partial charge on any atom is 0.243 e. The Bertz CT molecular complexity index is 542. The molecular weight excluding hydrogens is 346 g/mol. The van der Waals surface area contributed by atoms with Gasteiger partial charge in [-0.15, -0.1) is 0 Å². The largest absolute Gasteiger partial charge is 0.383 e. The van der Waals surface area contributed by atoms with Gasteiger partial charge in [-0.2, -0.15) is 0 Å². The van der Waals surface area contributed by atoms with Crippen molar-refractivity contribution in [2.45, 2.75) is 25.8 Å². The van der Waals surface area contributed by atoms with E-state index in [0.717, 1.165) is 0 Å². The fourth-order valence-electron chi connectivity index (χ4n) is 2.37. The van der Waals surface area contributed by atoms with E-state index in [1.54, 1.807) is 28.1 Å². The van der Waals surface area contributed by atoms with E-state index in [9.17, 15) is 13.2 Å². The molecule has 10 heteroatoms. The van der Waals surface area contributed by atoms with Crippen molar-refractivity contribution in [3.8, 4) is 0 Å². The van der Waals surface area contributed by atoms with Crippen molar-refractivity contribution in [1.82, 2.24) is 19.8 Å². The number of piperidine rings is 1. The predicted molar refractivity (Wildman–Crippen MR) is 98.1 cm³/mol. The summed E-state index contributed by atoms with van der Waals surface area (Å²) in [5.41, 5.74) is 0. The zero-order valence-electron chi connectivity index (χ0n) is 15.6. The normalized spacial score (nSPS) is 17.4. The summed E-state index contributed by atoms with van der Waals surface area (Å²) < 4.78 is 30.4. The first-order valence-electron chi connectivity index (χ1n) is 8.52.